The fourth-order valence-electron chi connectivity index (χ4n) is 1.30. The van der Waals surface area contributed by atoms with Gasteiger partial charge >= 0.3 is 5.97 Å². The summed E-state index contributed by atoms with van der Waals surface area (Å²) in [7, 11) is 0. The van der Waals surface area contributed by atoms with Gasteiger partial charge in [-0.3, -0.25) is 4.98 Å². The highest BCUT2D eigenvalue weighted by Crippen LogP contribution is 2.17. The summed E-state index contributed by atoms with van der Waals surface area (Å²) in [5.74, 6) is -0.355. The molecule has 0 radical (unpaired) electrons. The van der Waals surface area contributed by atoms with E-state index in [-0.39, 0.29) is 5.97 Å². The van der Waals surface area contributed by atoms with Gasteiger partial charge in [-0.05, 0) is 35.0 Å². The molecule has 15 heavy (non-hydrogen) atoms. The van der Waals surface area contributed by atoms with E-state index in [1.54, 1.807) is 19.2 Å². The van der Waals surface area contributed by atoms with Crippen LogP contribution in [0.3, 0.4) is 0 Å². The first kappa shape index (κ1) is 10.2. The Labute approximate surface area is 94.8 Å². The molecule has 0 atom stereocenters. The fourth-order valence-corrected chi connectivity index (χ4v) is 1.63. The van der Waals surface area contributed by atoms with Gasteiger partial charge in [-0.1, -0.05) is 0 Å². The number of carbonyl (C=O) groups excluding carboxylic acids is 1. The topological polar surface area (TPSA) is 55.0 Å². The van der Waals surface area contributed by atoms with Crippen molar-refractivity contribution in [1.82, 2.24) is 9.97 Å². The number of fused-ring (bicyclic) bond motifs is 1. The van der Waals surface area contributed by atoms with Crippen LogP contribution in [0.5, 0.6) is 0 Å². The summed E-state index contributed by atoms with van der Waals surface area (Å²) in [5.41, 5.74) is 1.99. The Bertz CT molecular complexity index is 507. The number of H-pyrrole nitrogens is 1. The van der Waals surface area contributed by atoms with E-state index in [0.29, 0.717) is 12.3 Å². The molecule has 5 heteroatoms. The number of rotatable bonds is 2. The lowest BCUT2D eigenvalue weighted by Crippen LogP contribution is -2.04. The van der Waals surface area contributed by atoms with Crippen LogP contribution in [0, 0.1) is 0 Å². The van der Waals surface area contributed by atoms with Crippen LogP contribution in [-0.2, 0) is 4.74 Å². The molecule has 0 fully saturated rings. The third kappa shape index (κ3) is 2.02. The molecule has 0 amide bonds. The van der Waals surface area contributed by atoms with Gasteiger partial charge in [-0.25, -0.2) is 4.79 Å². The number of nitrogens with zero attached hydrogens (tertiary/aromatic N) is 1. The van der Waals surface area contributed by atoms with Crippen molar-refractivity contribution >= 4 is 32.9 Å². The summed E-state index contributed by atoms with van der Waals surface area (Å²) < 4.78 is 5.75. The van der Waals surface area contributed by atoms with Crippen molar-refractivity contribution in [2.75, 3.05) is 6.61 Å². The molecule has 0 bridgehead atoms. The number of pyridine rings is 1. The molecular weight excluding hydrogens is 260 g/mol. The first-order valence-electron chi connectivity index (χ1n) is 4.52. The third-order valence-electron chi connectivity index (χ3n) is 1.93. The summed E-state index contributed by atoms with van der Waals surface area (Å²) in [6.45, 7) is 2.14. The maximum Gasteiger partial charge on any atom is 0.354 e. The minimum atomic E-state index is -0.355. The Morgan fingerprint density at radius 3 is 3.13 bits per heavy atom. The van der Waals surface area contributed by atoms with E-state index in [1.165, 1.54) is 0 Å². The number of nitrogens with one attached hydrogen (secondary N) is 1. The molecule has 0 spiro atoms. The number of esters is 1. The van der Waals surface area contributed by atoms with Crippen molar-refractivity contribution in [3.05, 3.63) is 28.5 Å². The number of carbonyl (C=O) groups is 1. The Balaban J connectivity index is 2.42. The molecule has 2 heterocycles. The summed E-state index contributed by atoms with van der Waals surface area (Å²) in [4.78, 5) is 18.5. The average molecular weight is 269 g/mol. The monoisotopic (exact) mass is 268 g/mol. The van der Waals surface area contributed by atoms with Gasteiger partial charge in [0.2, 0.25) is 0 Å². The van der Waals surface area contributed by atoms with E-state index >= 15 is 0 Å². The largest absolute Gasteiger partial charge is 0.461 e. The molecule has 2 aromatic heterocycles. The standard InChI is InChI=1S/C10H9BrN2O2/c1-2-15-10(14)9-4-7-8(13-9)3-6(11)5-12-7/h3-5,13H,2H2,1H3. The van der Waals surface area contributed by atoms with Gasteiger partial charge in [0.05, 0.1) is 17.6 Å². The molecule has 0 aliphatic heterocycles. The molecule has 4 nitrogen and oxygen atoms in total. The lowest BCUT2D eigenvalue weighted by atomic mass is 10.4. The molecular formula is C10H9BrN2O2. The molecule has 1 N–H and O–H groups in total. The number of halogens is 1. The second kappa shape index (κ2) is 4.02. The lowest BCUT2D eigenvalue weighted by molar-refractivity contribution is 0.0520. The number of aromatic nitrogens is 2. The van der Waals surface area contributed by atoms with E-state index in [9.17, 15) is 4.79 Å². The predicted molar refractivity (Wildman–Crippen MR) is 59.8 cm³/mol. The van der Waals surface area contributed by atoms with Crippen molar-refractivity contribution in [2.45, 2.75) is 6.92 Å². The van der Waals surface area contributed by atoms with Crippen LogP contribution in [0.25, 0.3) is 11.0 Å². The van der Waals surface area contributed by atoms with Crippen LogP contribution in [0.4, 0.5) is 0 Å². The number of aromatic amines is 1. The highest BCUT2D eigenvalue weighted by Gasteiger charge is 2.10. The third-order valence-corrected chi connectivity index (χ3v) is 2.36. The van der Waals surface area contributed by atoms with Gasteiger partial charge in [-0.15, -0.1) is 0 Å². The molecule has 2 rings (SSSR count). The summed E-state index contributed by atoms with van der Waals surface area (Å²) in [6, 6.07) is 3.55. The van der Waals surface area contributed by atoms with E-state index in [1.807, 2.05) is 6.07 Å². The molecule has 0 aliphatic carbocycles. The van der Waals surface area contributed by atoms with E-state index in [2.05, 4.69) is 25.9 Å². The summed E-state index contributed by atoms with van der Waals surface area (Å²) in [5, 5.41) is 0. The first-order chi connectivity index (χ1) is 7.20. The zero-order valence-electron chi connectivity index (χ0n) is 8.08. The number of ether oxygens (including phenoxy) is 1. The maximum atomic E-state index is 11.4. The number of hydrogen-bond acceptors (Lipinski definition) is 3. The average Bonchev–Trinajstić information content (AvgIpc) is 2.60. The van der Waals surface area contributed by atoms with Crippen molar-refractivity contribution in [1.29, 1.82) is 0 Å². The lowest BCUT2D eigenvalue weighted by Gasteiger charge is -1.96. The van der Waals surface area contributed by atoms with Gasteiger partial charge in [-0.2, -0.15) is 0 Å². The van der Waals surface area contributed by atoms with Crippen molar-refractivity contribution in [2.24, 2.45) is 0 Å². The molecule has 0 unspecified atom stereocenters. The van der Waals surface area contributed by atoms with Crippen molar-refractivity contribution < 1.29 is 9.53 Å². The van der Waals surface area contributed by atoms with Crippen LogP contribution in [0.15, 0.2) is 22.8 Å². The Kier molecular flexibility index (Phi) is 2.73. The van der Waals surface area contributed by atoms with Gasteiger partial charge in [0, 0.05) is 10.7 Å². The Morgan fingerprint density at radius 2 is 2.40 bits per heavy atom. The van der Waals surface area contributed by atoms with Gasteiger partial charge in [0.1, 0.15) is 5.69 Å². The van der Waals surface area contributed by atoms with Gasteiger partial charge < -0.3 is 9.72 Å². The molecule has 78 valence electrons. The van der Waals surface area contributed by atoms with Crippen molar-refractivity contribution in [3.63, 3.8) is 0 Å². The van der Waals surface area contributed by atoms with Crippen molar-refractivity contribution in [3.8, 4) is 0 Å². The molecule has 0 aromatic carbocycles. The summed E-state index contributed by atoms with van der Waals surface area (Å²) >= 11 is 3.31. The van der Waals surface area contributed by atoms with Gasteiger partial charge in [0.25, 0.3) is 0 Å². The Morgan fingerprint density at radius 1 is 1.60 bits per heavy atom. The van der Waals surface area contributed by atoms with Crippen LogP contribution in [-0.4, -0.2) is 22.5 Å². The number of hydrogen-bond donors (Lipinski definition) is 1. The quantitative estimate of drug-likeness (QED) is 0.852. The maximum absolute atomic E-state index is 11.4. The van der Waals surface area contributed by atoms with Crippen LogP contribution in [0.2, 0.25) is 0 Å². The van der Waals surface area contributed by atoms with E-state index < -0.39 is 0 Å². The highest BCUT2D eigenvalue weighted by atomic mass is 79.9. The predicted octanol–water partition coefficient (Wildman–Crippen LogP) is 2.50. The Hall–Kier alpha value is -1.36. The normalized spacial score (nSPS) is 10.5. The SMILES string of the molecule is CCOC(=O)c1cc2ncc(Br)cc2[nH]1. The van der Waals surface area contributed by atoms with Crippen LogP contribution in [0.1, 0.15) is 17.4 Å². The van der Waals surface area contributed by atoms with Crippen LogP contribution >= 0.6 is 15.9 Å². The molecule has 0 aliphatic rings. The van der Waals surface area contributed by atoms with E-state index in [0.717, 1.165) is 15.5 Å². The second-order valence-corrected chi connectivity index (χ2v) is 3.91. The first-order valence-corrected chi connectivity index (χ1v) is 5.31. The molecule has 0 saturated carbocycles. The summed E-state index contributed by atoms with van der Waals surface area (Å²) in [6.07, 6.45) is 1.69. The van der Waals surface area contributed by atoms with Crippen LogP contribution < -0.4 is 0 Å². The highest BCUT2D eigenvalue weighted by molar-refractivity contribution is 9.10. The van der Waals surface area contributed by atoms with E-state index in [4.69, 9.17) is 4.74 Å². The molecule has 2 aromatic rings. The second-order valence-electron chi connectivity index (χ2n) is 2.99. The fraction of sp³-hybridized carbons (Fsp3) is 0.200. The van der Waals surface area contributed by atoms with Gasteiger partial charge in [0.15, 0.2) is 0 Å². The minimum Gasteiger partial charge on any atom is -0.461 e. The minimum absolute atomic E-state index is 0.355. The molecule has 0 saturated heterocycles. The zero-order valence-corrected chi connectivity index (χ0v) is 9.67. The zero-order chi connectivity index (χ0) is 10.8. The smallest absolute Gasteiger partial charge is 0.354 e.